The normalized spacial score (nSPS) is 35.7. The molecule has 0 aliphatic heterocycles. The highest BCUT2D eigenvalue weighted by Crippen LogP contribution is 2.47. The summed E-state index contributed by atoms with van der Waals surface area (Å²) >= 11 is 0. The van der Waals surface area contributed by atoms with Crippen LogP contribution < -0.4 is 0 Å². The van der Waals surface area contributed by atoms with Gasteiger partial charge in [-0.05, 0) is 57.3 Å². The van der Waals surface area contributed by atoms with Gasteiger partial charge in [-0.1, -0.05) is 6.42 Å². The van der Waals surface area contributed by atoms with Gasteiger partial charge in [0.1, 0.15) is 0 Å². The zero-order valence-electron chi connectivity index (χ0n) is 9.76. The highest BCUT2D eigenvalue weighted by atomic mass is 16.3. The Balaban J connectivity index is 1.84. The van der Waals surface area contributed by atoms with Crippen molar-refractivity contribution in [3.8, 4) is 11.8 Å². The van der Waals surface area contributed by atoms with Crippen molar-refractivity contribution in [3.63, 3.8) is 0 Å². The molecule has 15 heavy (non-hydrogen) atoms. The number of hydrogen-bond donors (Lipinski definition) is 1. The van der Waals surface area contributed by atoms with E-state index < -0.39 is 0 Å². The molecule has 0 radical (unpaired) electrons. The summed E-state index contributed by atoms with van der Waals surface area (Å²) in [6.07, 6.45) is 9.20. The Labute approximate surface area is 93.3 Å². The molecule has 0 aromatic carbocycles. The summed E-state index contributed by atoms with van der Waals surface area (Å²) in [5, 5.41) is 10.5. The summed E-state index contributed by atoms with van der Waals surface area (Å²) in [5.41, 5.74) is -0.380. The minimum Gasteiger partial charge on any atom is -0.390 e. The summed E-state index contributed by atoms with van der Waals surface area (Å²) in [6.45, 7) is 1.87. The molecular weight excluding hydrogens is 184 g/mol. The van der Waals surface area contributed by atoms with Gasteiger partial charge in [-0.3, -0.25) is 0 Å². The second-order valence-electron chi connectivity index (χ2n) is 5.34. The molecule has 0 bridgehead atoms. The zero-order valence-corrected chi connectivity index (χ0v) is 9.76. The number of rotatable bonds is 3. The average Bonchev–Trinajstić information content (AvgIpc) is 3.01. The second kappa shape index (κ2) is 4.58. The van der Waals surface area contributed by atoms with Crippen molar-refractivity contribution in [1.29, 1.82) is 0 Å². The standard InChI is InChI=1S/C14H22O/c1-2-3-4-9-14(15)10-5-6-13(11-14)12-7-8-12/h12-13,15H,4-11H2,1H3. The van der Waals surface area contributed by atoms with E-state index in [2.05, 4.69) is 11.8 Å². The van der Waals surface area contributed by atoms with Crippen LogP contribution in [0.5, 0.6) is 0 Å². The van der Waals surface area contributed by atoms with E-state index in [1.54, 1.807) is 0 Å². The van der Waals surface area contributed by atoms with Crippen LogP contribution in [0.25, 0.3) is 0 Å². The predicted octanol–water partition coefficient (Wildman–Crippen LogP) is 3.12. The Morgan fingerprint density at radius 2 is 2.07 bits per heavy atom. The summed E-state index contributed by atoms with van der Waals surface area (Å²) in [5.74, 6) is 7.75. The molecule has 2 saturated carbocycles. The third-order valence-corrected chi connectivity index (χ3v) is 4.04. The van der Waals surface area contributed by atoms with Crippen molar-refractivity contribution < 1.29 is 5.11 Å². The molecule has 0 amide bonds. The SMILES string of the molecule is CC#CCCC1(O)CCCC(C2CC2)C1. The fourth-order valence-electron chi connectivity index (χ4n) is 3.00. The van der Waals surface area contributed by atoms with Crippen molar-refractivity contribution in [3.05, 3.63) is 0 Å². The van der Waals surface area contributed by atoms with Gasteiger partial charge in [-0.2, -0.15) is 0 Å². The summed E-state index contributed by atoms with van der Waals surface area (Å²) in [6, 6.07) is 0. The Hall–Kier alpha value is -0.480. The van der Waals surface area contributed by atoms with E-state index >= 15 is 0 Å². The summed E-state index contributed by atoms with van der Waals surface area (Å²) < 4.78 is 0. The second-order valence-corrected chi connectivity index (χ2v) is 5.34. The maximum atomic E-state index is 10.5. The van der Waals surface area contributed by atoms with E-state index in [4.69, 9.17) is 0 Å². The Morgan fingerprint density at radius 3 is 2.73 bits per heavy atom. The molecule has 2 atom stereocenters. The molecule has 0 saturated heterocycles. The van der Waals surface area contributed by atoms with Crippen molar-refractivity contribution in [2.75, 3.05) is 0 Å². The summed E-state index contributed by atoms with van der Waals surface area (Å²) in [7, 11) is 0. The van der Waals surface area contributed by atoms with E-state index in [-0.39, 0.29) is 5.60 Å². The third-order valence-electron chi connectivity index (χ3n) is 4.04. The smallest absolute Gasteiger partial charge is 0.0659 e. The molecule has 0 spiro atoms. The first-order valence-corrected chi connectivity index (χ1v) is 6.35. The first kappa shape index (κ1) is 11.0. The van der Waals surface area contributed by atoms with Crippen LogP contribution in [0.15, 0.2) is 0 Å². The summed E-state index contributed by atoms with van der Waals surface area (Å²) in [4.78, 5) is 0. The van der Waals surface area contributed by atoms with Crippen molar-refractivity contribution >= 4 is 0 Å². The lowest BCUT2D eigenvalue weighted by Crippen LogP contribution is -2.35. The van der Waals surface area contributed by atoms with Gasteiger partial charge >= 0.3 is 0 Å². The van der Waals surface area contributed by atoms with Crippen LogP contribution in [0.2, 0.25) is 0 Å². The maximum absolute atomic E-state index is 10.5. The van der Waals surface area contributed by atoms with Gasteiger partial charge in [-0.15, -0.1) is 11.8 Å². The molecule has 2 rings (SSSR count). The average molecular weight is 206 g/mol. The fraction of sp³-hybridized carbons (Fsp3) is 0.857. The Morgan fingerprint density at radius 1 is 1.27 bits per heavy atom. The molecule has 2 unspecified atom stereocenters. The van der Waals surface area contributed by atoms with E-state index in [1.807, 2.05) is 6.92 Å². The quantitative estimate of drug-likeness (QED) is 0.703. The van der Waals surface area contributed by atoms with Gasteiger partial charge in [0.25, 0.3) is 0 Å². The van der Waals surface area contributed by atoms with E-state index in [1.165, 1.54) is 25.7 Å². The lowest BCUT2D eigenvalue weighted by atomic mass is 9.74. The van der Waals surface area contributed by atoms with Crippen LogP contribution in [0, 0.1) is 23.7 Å². The molecule has 1 N–H and O–H groups in total. The van der Waals surface area contributed by atoms with E-state index in [9.17, 15) is 5.11 Å². The molecule has 2 aliphatic carbocycles. The van der Waals surface area contributed by atoms with Crippen LogP contribution in [-0.2, 0) is 0 Å². The third kappa shape index (κ3) is 2.98. The molecule has 0 aromatic rings. The lowest BCUT2D eigenvalue weighted by Gasteiger charge is -2.36. The van der Waals surface area contributed by atoms with Crippen LogP contribution in [0.4, 0.5) is 0 Å². The van der Waals surface area contributed by atoms with E-state index in [0.29, 0.717) is 0 Å². The van der Waals surface area contributed by atoms with Gasteiger partial charge in [-0.25, -0.2) is 0 Å². The van der Waals surface area contributed by atoms with Crippen molar-refractivity contribution in [1.82, 2.24) is 0 Å². The number of hydrogen-bond acceptors (Lipinski definition) is 1. The number of aliphatic hydroxyl groups is 1. The Bertz CT molecular complexity index is 269. The molecule has 1 nitrogen and oxygen atoms in total. The largest absolute Gasteiger partial charge is 0.390 e. The van der Waals surface area contributed by atoms with Gasteiger partial charge in [0.2, 0.25) is 0 Å². The lowest BCUT2D eigenvalue weighted by molar-refractivity contribution is -0.0257. The van der Waals surface area contributed by atoms with Gasteiger partial charge < -0.3 is 5.11 Å². The molecule has 2 fully saturated rings. The minimum atomic E-state index is -0.380. The zero-order chi connectivity index (χ0) is 10.7. The molecule has 1 heteroatoms. The molecule has 0 heterocycles. The molecular formula is C14H22O. The van der Waals surface area contributed by atoms with Crippen LogP contribution in [-0.4, -0.2) is 10.7 Å². The van der Waals surface area contributed by atoms with Gasteiger partial charge in [0.15, 0.2) is 0 Å². The predicted molar refractivity (Wildman–Crippen MR) is 62.3 cm³/mol. The fourth-order valence-corrected chi connectivity index (χ4v) is 3.00. The van der Waals surface area contributed by atoms with Crippen molar-refractivity contribution in [2.45, 2.75) is 63.9 Å². The monoisotopic (exact) mass is 206 g/mol. The van der Waals surface area contributed by atoms with Gasteiger partial charge in [0, 0.05) is 6.42 Å². The highest BCUT2D eigenvalue weighted by molar-refractivity contribution is 4.99. The van der Waals surface area contributed by atoms with E-state index in [0.717, 1.165) is 37.5 Å². The van der Waals surface area contributed by atoms with Crippen LogP contribution >= 0.6 is 0 Å². The van der Waals surface area contributed by atoms with Crippen molar-refractivity contribution in [2.24, 2.45) is 11.8 Å². The van der Waals surface area contributed by atoms with Crippen LogP contribution in [0.3, 0.4) is 0 Å². The first-order valence-electron chi connectivity index (χ1n) is 6.35. The molecule has 2 aliphatic rings. The molecule has 0 aromatic heterocycles. The van der Waals surface area contributed by atoms with Gasteiger partial charge in [0.05, 0.1) is 5.60 Å². The topological polar surface area (TPSA) is 20.2 Å². The molecule has 84 valence electrons. The first-order chi connectivity index (χ1) is 7.23. The Kier molecular flexibility index (Phi) is 3.36. The maximum Gasteiger partial charge on any atom is 0.0659 e. The highest BCUT2D eigenvalue weighted by Gasteiger charge is 2.40. The minimum absolute atomic E-state index is 0.380. The van der Waals surface area contributed by atoms with Crippen LogP contribution in [0.1, 0.15) is 58.3 Å².